The minimum atomic E-state index is -1.60. The van der Waals surface area contributed by atoms with Gasteiger partial charge in [-0.05, 0) is 12.8 Å². The highest BCUT2D eigenvalue weighted by molar-refractivity contribution is 5.76. The van der Waals surface area contributed by atoms with E-state index in [9.17, 15) is 35.4 Å². The van der Waals surface area contributed by atoms with E-state index in [0.717, 1.165) is 38.5 Å². The molecule has 2 unspecified atom stereocenters. The summed E-state index contributed by atoms with van der Waals surface area (Å²) in [6.07, 6.45) is 26.8. The van der Waals surface area contributed by atoms with Crippen molar-refractivity contribution in [3.8, 4) is 0 Å². The van der Waals surface area contributed by atoms with E-state index >= 15 is 0 Å². The van der Waals surface area contributed by atoms with Gasteiger partial charge >= 0.3 is 0 Å². The van der Waals surface area contributed by atoms with Crippen molar-refractivity contribution in [2.75, 3.05) is 13.2 Å². The van der Waals surface area contributed by atoms with Crippen LogP contribution in [-0.4, -0.2) is 98.7 Å². The van der Waals surface area contributed by atoms with Crippen molar-refractivity contribution in [1.29, 1.82) is 0 Å². The summed E-state index contributed by atoms with van der Waals surface area (Å²) in [7, 11) is 0. The molecule has 10 heteroatoms. The Morgan fingerprint density at radius 1 is 0.574 bits per heavy atom. The van der Waals surface area contributed by atoms with Gasteiger partial charge in [-0.2, -0.15) is 0 Å². The first-order valence-corrected chi connectivity index (χ1v) is 22.8. The van der Waals surface area contributed by atoms with Gasteiger partial charge in [0.15, 0.2) is 6.29 Å². The number of ether oxygens (including phenoxy) is 2. The molecular weight excluding hydrogens is 686 g/mol. The van der Waals surface area contributed by atoms with Crippen LogP contribution in [0.4, 0.5) is 0 Å². The van der Waals surface area contributed by atoms with Gasteiger partial charge in [0.1, 0.15) is 30.5 Å². The van der Waals surface area contributed by atoms with Crippen LogP contribution in [0, 0.1) is 0 Å². The lowest BCUT2D eigenvalue weighted by Gasteiger charge is -2.40. The minimum Gasteiger partial charge on any atom is -0.394 e. The van der Waals surface area contributed by atoms with Crippen molar-refractivity contribution in [3.63, 3.8) is 0 Å². The van der Waals surface area contributed by atoms with Crippen LogP contribution in [0.5, 0.6) is 0 Å². The molecule has 1 heterocycles. The van der Waals surface area contributed by atoms with Gasteiger partial charge in [0.2, 0.25) is 5.91 Å². The molecule has 0 aromatic rings. The van der Waals surface area contributed by atoms with E-state index in [1.54, 1.807) is 0 Å². The molecule has 1 rings (SSSR count). The van der Waals surface area contributed by atoms with Crippen LogP contribution >= 0.6 is 0 Å². The molecule has 54 heavy (non-hydrogen) atoms. The molecule has 0 aliphatic carbocycles. The number of hydrogen-bond donors (Lipinski definition) is 7. The molecular formula is C44H87NO9. The number of amides is 1. The molecule has 1 amide bonds. The van der Waals surface area contributed by atoms with Crippen LogP contribution in [-0.2, 0) is 14.3 Å². The van der Waals surface area contributed by atoms with Crippen LogP contribution in [0.1, 0.15) is 213 Å². The highest BCUT2D eigenvalue weighted by Gasteiger charge is 2.44. The SMILES string of the molecule is CCCCCCCCCCCCCCCCCCCC(=O)N[C@@H](CO[C@@H]1O[C@H](CO)[C@@H](O)C(O)C1O)[C@H](O)[C@H](O)CCCCCCCCCCCCCC. The van der Waals surface area contributed by atoms with E-state index in [2.05, 4.69) is 19.2 Å². The minimum absolute atomic E-state index is 0.255. The van der Waals surface area contributed by atoms with Gasteiger partial charge in [0.05, 0.1) is 25.4 Å². The molecule has 8 atom stereocenters. The first-order valence-electron chi connectivity index (χ1n) is 22.8. The quantitative estimate of drug-likeness (QED) is 0.0306. The third-order valence-corrected chi connectivity index (χ3v) is 11.3. The first-order chi connectivity index (χ1) is 26.3. The summed E-state index contributed by atoms with van der Waals surface area (Å²) >= 11 is 0. The largest absolute Gasteiger partial charge is 0.394 e. The Kier molecular flexibility index (Phi) is 33.5. The lowest BCUT2D eigenvalue weighted by Crippen LogP contribution is -2.60. The lowest BCUT2D eigenvalue weighted by atomic mass is 9.98. The third-order valence-electron chi connectivity index (χ3n) is 11.3. The summed E-state index contributed by atoms with van der Waals surface area (Å²) in [5.41, 5.74) is 0. The van der Waals surface area contributed by atoms with Crippen molar-refractivity contribution in [1.82, 2.24) is 5.32 Å². The zero-order chi connectivity index (χ0) is 39.7. The monoisotopic (exact) mass is 774 g/mol. The maximum absolute atomic E-state index is 13.0. The summed E-state index contributed by atoms with van der Waals surface area (Å²) < 4.78 is 11.1. The predicted molar refractivity (Wildman–Crippen MR) is 218 cm³/mol. The molecule has 10 nitrogen and oxygen atoms in total. The summed E-state index contributed by atoms with van der Waals surface area (Å²) in [5.74, 6) is -0.255. The van der Waals surface area contributed by atoms with Gasteiger partial charge in [0, 0.05) is 6.42 Å². The molecule has 0 bridgehead atoms. The van der Waals surface area contributed by atoms with Crippen molar-refractivity contribution < 1.29 is 44.9 Å². The van der Waals surface area contributed by atoms with Gasteiger partial charge in [-0.1, -0.05) is 194 Å². The Hall–Kier alpha value is -0.850. The summed E-state index contributed by atoms with van der Waals surface area (Å²) in [6.45, 7) is 3.61. The Balaban J connectivity index is 2.38. The van der Waals surface area contributed by atoms with Gasteiger partial charge < -0.3 is 45.4 Å². The number of carbonyl (C=O) groups excluding carboxylic acids is 1. The molecule has 1 aliphatic heterocycles. The molecule has 1 fully saturated rings. The average molecular weight is 774 g/mol. The molecule has 7 N–H and O–H groups in total. The fourth-order valence-electron chi connectivity index (χ4n) is 7.55. The van der Waals surface area contributed by atoms with Crippen molar-refractivity contribution >= 4 is 5.91 Å². The highest BCUT2D eigenvalue weighted by atomic mass is 16.7. The third kappa shape index (κ3) is 25.4. The number of nitrogens with one attached hydrogen (secondary N) is 1. The van der Waals surface area contributed by atoms with Gasteiger partial charge in [0.25, 0.3) is 0 Å². The summed E-state index contributed by atoms with van der Waals surface area (Å²) in [4.78, 5) is 13.0. The Morgan fingerprint density at radius 2 is 0.963 bits per heavy atom. The Morgan fingerprint density at radius 3 is 1.37 bits per heavy atom. The topological polar surface area (TPSA) is 169 Å². The van der Waals surface area contributed by atoms with E-state index in [1.165, 1.54) is 148 Å². The molecule has 0 aromatic carbocycles. The van der Waals surface area contributed by atoms with Crippen LogP contribution in [0.3, 0.4) is 0 Å². The summed E-state index contributed by atoms with van der Waals surface area (Å²) in [6, 6.07) is -0.983. The van der Waals surface area contributed by atoms with Crippen LogP contribution in [0.25, 0.3) is 0 Å². The number of unbranched alkanes of at least 4 members (excludes halogenated alkanes) is 27. The van der Waals surface area contributed by atoms with Gasteiger partial charge in [-0.3, -0.25) is 4.79 Å². The molecule has 0 spiro atoms. The average Bonchev–Trinajstić information content (AvgIpc) is 3.17. The fraction of sp³-hybridized carbons (Fsp3) is 0.977. The number of carbonyl (C=O) groups is 1. The molecule has 1 saturated heterocycles. The first kappa shape index (κ1) is 51.2. The standard InChI is InChI=1S/C44H87NO9/c1-3-5-7-9-11-13-15-17-18-19-20-21-23-25-27-29-31-33-39(48)45-36(35-53-44-43(52)42(51)41(50)38(34-46)54-44)40(49)37(47)32-30-28-26-24-22-16-14-12-10-8-6-4-2/h36-38,40-44,46-47,49-52H,3-35H2,1-2H3,(H,45,48)/t36-,37+,38+,40-,41+,42?,43?,44+/m0/s1. The normalized spacial score (nSPS) is 22.0. The molecule has 322 valence electrons. The Bertz CT molecular complexity index is 834. The highest BCUT2D eigenvalue weighted by Crippen LogP contribution is 2.23. The van der Waals surface area contributed by atoms with Crippen molar-refractivity contribution in [2.24, 2.45) is 0 Å². The lowest BCUT2D eigenvalue weighted by molar-refractivity contribution is -0.303. The smallest absolute Gasteiger partial charge is 0.220 e. The van der Waals surface area contributed by atoms with Crippen LogP contribution < -0.4 is 5.32 Å². The van der Waals surface area contributed by atoms with Crippen molar-refractivity contribution in [3.05, 3.63) is 0 Å². The van der Waals surface area contributed by atoms with Gasteiger partial charge in [-0.15, -0.1) is 0 Å². The van der Waals surface area contributed by atoms with Crippen LogP contribution in [0.15, 0.2) is 0 Å². The van der Waals surface area contributed by atoms with Crippen LogP contribution in [0.2, 0.25) is 0 Å². The Labute approximate surface area is 330 Å². The number of hydrogen-bond acceptors (Lipinski definition) is 9. The predicted octanol–water partition coefficient (Wildman–Crippen LogP) is 8.14. The fourth-order valence-corrected chi connectivity index (χ4v) is 7.55. The number of rotatable bonds is 38. The maximum atomic E-state index is 13.0. The second kappa shape index (κ2) is 35.3. The maximum Gasteiger partial charge on any atom is 0.220 e. The molecule has 0 radical (unpaired) electrons. The second-order valence-electron chi connectivity index (χ2n) is 16.3. The second-order valence-corrected chi connectivity index (χ2v) is 16.3. The summed E-state index contributed by atoms with van der Waals surface area (Å²) in [5, 5.41) is 65.1. The van der Waals surface area contributed by atoms with E-state index in [0.29, 0.717) is 6.42 Å². The van der Waals surface area contributed by atoms with E-state index < -0.39 is 55.6 Å². The zero-order valence-corrected chi connectivity index (χ0v) is 34.9. The number of aliphatic hydroxyl groups is 6. The molecule has 0 aromatic heterocycles. The van der Waals surface area contributed by atoms with E-state index in [1.807, 2.05) is 0 Å². The molecule has 0 saturated carbocycles. The van der Waals surface area contributed by atoms with Gasteiger partial charge in [-0.25, -0.2) is 0 Å². The van der Waals surface area contributed by atoms with E-state index in [-0.39, 0.29) is 18.9 Å². The zero-order valence-electron chi connectivity index (χ0n) is 34.9. The molecule has 1 aliphatic rings. The van der Waals surface area contributed by atoms with E-state index in [4.69, 9.17) is 9.47 Å². The number of aliphatic hydroxyl groups excluding tert-OH is 6. The van der Waals surface area contributed by atoms with Crippen molar-refractivity contribution in [2.45, 2.75) is 262 Å².